The lowest BCUT2D eigenvalue weighted by atomic mass is 10.0. The van der Waals surface area contributed by atoms with Crippen molar-refractivity contribution < 1.29 is 13.9 Å². The molecule has 0 aliphatic carbocycles. The molecule has 0 bridgehead atoms. The van der Waals surface area contributed by atoms with Crippen molar-refractivity contribution in [2.24, 2.45) is 5.92 Å². The lowest BCUT2D eigenvalue weighted by Crippen LogP contribution is -2.36. The van der Waals surface area contributed by atoms with Crippen LogP contribution in [0.2, 0.25) is 0 Å². The Labute approximate surface area is 102 Å². The van der Waals surface area contributed by atoms with Crippen LogP contribution in [0, 0.1) is 5.92 Å². The molecular formula is C12H20N2O3. The molecule has 17 heavy (non-hydrogen) atoms. The van der Waals surface area contributed by atoms with Crippen LogP contribution in [0.25, 0.3) is 0 Å². The molecule has 1 N–H and O–H groups in total. The molecule has 2 unspecified atom stereocenters. The van der Waals surface area contributed by atoms with Crippen LogP contribution in [0.4, 0.5) is 0 Å². The minimum atomic E-state index is -0.216. The van der Waals surface area contributed by atoms with Gasteiger partial charge >= 0.3 is 5.97 Å². The predicted molar refractivity (Wildman–Crippen MR) is 63.4 cm³/mol. The van der Waals surface area contributed by atoms with E-state index in [1.807, 2.05) is 20.8 Å². The van der Waals surface area contributed by atoms with E-state index in [9.17, 15) is 4.79 Å². The maximum absolute atomic E-state index is 11.3. The van der Waals surface area contributed by atoms with Crippen LogP contribution in [0.1, 0.15) is 32.4 Å². The topological polar surface area (TPSA) is 64.4 Å². The van der Waals surface area contributed by atoms with Crippen molar-refractivity contribution in [1.82, 2.24) is 10.3 Å². The zero-order valence-corrected chi connectivity index (χ0v) is 10.8. The SMILES string of the molecule is CCc1cnc(CNC(C)C(C)C(=O)OC)o1. The van der Waals surface area contributed by atoms with Crippen LogP contribution < -0.4 is 5.32 Å². The lowest BCUT2D eigenvalue weighted by molar-refractivity contribution is -0.145. The number of methoxy groups -OCH3 is 1. The van der Waals surface area contributed by atoms with Gasteiger partial charge in [-0.2, -0.15) is 0 Å². The molecule has 5 nitrogen and oxygen atoms in total. The normalized spacial score (nSPS) is 14.4. The van der Waals surface area contributed by atoms with Crippen LogP contribution in [-0.2, 0) is 22.5 Å². The molecular weight excluding hydrogens is 220 g/mol. The second-order valence-corrected chi connectivity index (χ2v) is 4.06. The molecule has 1 aromatic heterocycles. The van der Waals surface area contributed by atoms with E-state index in [0.717, 1.165) is 12.2 Å². The van der Waals surface area contributed by atoms with Gasteiger partial charge in [-0.25, -0.2) is 4.98 Å². The van der Waals surface area contributed by atoms with E-state index in [1.165, 1.54) is 7.11 Å². The molecule has 96 valence electrons. The van der Waals surface area contributed by atoms with E-state index in [1.54, 1.807) is 6.20 Å². The van der Waals surface area contributed by atoms with E-state index in [-0.39, 0.29) is 17.9 Å². The molecule has 0 radical (unpaired) electrons. The minimum absolute atomic E-state index is 0.0134. The van der Waals surface area contributed by atoms with Crippen molar-refractivity contribution in [2.75, 3.05) is 7.11 Å². The second-order valence-electron chi connectivity index (χ2n) is 4.06. The average molecular weight is 240 g/mol. The fourth-order valence-corrected chi connectivity index (χ4v) is 1.41. The number of esters is 1. The van der Waals surface area contributed by atoms with Crippen LogP contribution in [0.5, 0.6) is 0 Å². The number of rotatable bonds is 6. The summed E-state index contributed by atoms with van der Waals surface area (Å²) in [6.07, 6.45) is 2.56. The molecule has 2 atom stereocenters. The van der Waals surface area contributed by atoms with Gasteiger partial charge in [0, 0.05) is 12.5 Å². The number of ether oxygens (including phenoxy) is 1. The summed E-state index contributed by atoms with van der Waals surface area (Å²) in [5.74, 6) is 1.11. The Hall–Kier alpha value is -1.36. The number of hydrogen-bond acceptors (Lipinski definition) is 5. The van der Waals surface area contributed by atoms with Crippen molar-refractivity contribution in [1.29, 1.82) is 0 Å². The molecule has 0 amide bonds. The largest absolute Gasteiger partial charge is 0.469 e. The third-order valence-electron chi connectivity index (χ3n) is 2.85. The van der Waals surface area contributed by atoms with Gasteiger partial charge in [-0.05, 0) is 6.92 Å². The Balaban J connectivity index is 2.42. The fraction of sp³-hybridized carbons (Fsp3) is 0.667. The Morgan fingerprint density at radius 3 is 2.82 bits per heavy atom. The Bertz CT molecular complexity index is 362. The summed E-state index contributed by atoms with van der Waals surface area (Å²) in [6.45, 7) is 6.30. The molecule has 1 rings (SSSR count). The van der Waals surface area contributed by atoms with Crippen molar-refractivity contribution >= 4 is 5.97 Å². The second kappa shape index (κ2) is 6.39. The van der Waals surface area contributed by atoms with Crippen molar-refractivity contribution in [3.63, 3.8) is 0 Å². The molecule has 0 spiro atoms. The van der Waals surface area contributed by atoms with Crippen LogP contribution in [-0.4, -0.2) is 24.1 Å². The van der Waals surface area contributed by atoms with E-state index >= 15 is 0 Å². The standard InChI is InChI=1S/C12H20N2O3/c1-5-10-6-14-11(17-10)7-13-9(3)8(2)12(15)16-4/h6,8-9,13H,5,7H2,1-4H3. The molecule has 0 fully saturated rings. The van der Waals surface area contributed by atoms with E-state index in [2.05, 4.69) is 15.0 Å². The summed E-state index contributed by atoms with van der Waals surface area (Å²) in [6, 6.07) is 0.0134. The van der Waals surface area contributed by atoms with Gasteiger partial charge in [0.15, 0.2) is 0 Å². The number of aryl methyl sites for hydroxylation is 1. The quantitative estimate of drug-likeness (QED) is 0.764. The molecule has 0 aliphatic rings. The number of oxazole rings is 1. The lowest BCUT2D eigenvalue weighted by Gasteiger charge is -2.18. The van der Waals surface area contributed by atoms with E-state index < -0.39 is 0 Å². The first-order chi connectivity index (χ1) is 8.08. The fourth-order valence-electron chi connectivity index (χ4n) is 1.41. The Kier molecular flexibility index (Phi) is 5.15. The third kappa shape index (κ3) is 3.85. The molecule has 0 saturated carbocycles. The van der Waals surface area contributed by atoms with Crippen molar-refractivity contribution in [3.8, 4) is 0 Å². The van der Waals surface area contributed by atoms with Gasteiger partial charge in [-0.15, -0.1) is 0 Å². The number of carbonyl (C=O) groups is 1. The highest BCUT2D eigenvalue weighted by molar-refractivity contribution is 5.72. The zero-order valence-electron chi connectivity index (χ0n) is 10.8. The molecule has 0 saturated heterocycles. The number of hydrogen-bond donors (Lipinski definition) is 1. The van der Waals surface area contributed by atoms with Gasteiger partial charge in [0.25, 0.3) is 0 Å². The highest BCUT2D eigenvalue weighted by Crippen LogP contribution is 2.07. The van der Waals surface area contributed by atoms with Crippen LogP contribution in [0.3, 0.4) is 0 Å². The number of carbonyl (C=O) groups excluding carboxylic acids is 1. The molecule has 0 aliphatic heterocycles. The Morgan fingerprint density at radius 1 is 1.59 bits per heavy atom. The summed E-state index contributed by atoms with van der Waals surface area (Å²) >= 11 is 0. The minimum Gasteiger partial charge on any atom is -0.469 e. The molecule has 0 aromatic carbocycles. The molecule has 5 heteroatoms. The number of aromatic nitrogens is 1. The van der Waals surface area contributed by atoms with Gasteiger partial charge in [-0.1, -0.05) is 13.8 Å². The third-order valence-corrected chi connectivity index (χ3v) is 2.85. The van der Waals surface area contributed by atoms with Gasteiger partial charge < -0.3 is 14.5 Å². The monoisotopic (exact) mass is 240 g/mol. The maximum Gasteiger partial charge on any atom is 0.309 e. The highest BCUT2D eigenvalue weighted by atomic mass is 16.5. The summed E-state index contributed by atoms with van der Waals surface area (Å²) in [7, 11) is 1.40. The Morgan fingerprint density at radius 2 is 2.29 bits per heavy atom. The van der Waals surface area contributed by atoms with Gasteiger partial charge in [0.2, 0.25) is 5.89 Å². The summed E-state index contributed by atoms with van der Waals surface area (Å²) < 4.78 is 10.1. The summed E-state index contributed by atoms with van der Waals surface area (Å²) in [4.78, 5) is 15.5. The number of nitrogens with zero attached hydrogens (tertiary/aromatic N) is 1. The van der Waals surface area contributed by atoms with Crippen LogP contribution in [0.15, 0.2) is 10.6 Å². The first-order valence-electron chi connectivity index (χ1n) is 5.83. The van der Waals surface area contributed by atoms with Crippen molar-refractivity contribution in [3.05, 3.63) is 17.8 Å². The van der Waals surface area contributed by atoms with Crippen LogP contribution >= 0.6 is 0 Å². The number of nitrogens with one attached hydrogen (secondary N) is 1. The maximum atomic E-state index is 11.3. The van der Waals surface area contributed by atoms with Gasteiger partial charge in [0.05, 0.1) is 25.8 Å². The van der Waals surface area contributed by atoms with E-state index in [4.69, 9.17) is 4.42 Å². The highest BCUT2D eigenvalue weighted by Gasteiger charge is 2.20. The van der Waals surface area contributed by atoms with Crippen molar-refractivity contribution in [2.45, 2.75) is 39.8 Å². The van der Waals surface area contributed by atoms with Gasteiger partial charge in [-0.3, -0.25) is 4.79 Å². The molecule has 1 heterocycles. The first kappa shape index (κ1) is 13.7. The smallest absolute Gasteiger partial charge is 0.309 e. The zero-order chi connectivity index (χ0) is 12.8. The molecule has 1 aromatic rings. The first-order valence-corrected chi connectivity index (χ1v) is 5.83. The summed E-state index contributed by atoms with van der Waals surface area (Å²) in [5.41, 5.74) is 0. The average Bonchev–Trinajstić information content (AvgIpc) is 2.81. The predicted octanol–water partition coefficient (Wildman–Crippen LogP) is 1.52. The summed E-state index contributed by atoms with van der Waals surface area (Å²) in [5, 5.41) is 3.19. The van der Waals surface area contributed by atoms with E-state index in [0.29, 0.717) is 12.4 Å². The van der Waals surface area contributed by atoms with Gasteiger partial charge in [0.1, 0.15) is 5.76 Å².